The summed E-state index contributed by atoms with van der Waals surface area (Å²) in [7, 11) is 0. The number of aliphatic hydroxyl groups excluding tert-OH is 1. The second kappa shape index (κ2) is 5.11. The number of hydrogen-bond donors (Lipinski definition) is 1. The Morgan fingerprint density at radius 2 is 2.12 bits per heavy atom. The summed E-state index contributed by atoms with van der Waals surface area (Å²) < 4.78 is 0. The SMILES string of the molecule is CCC(=Cc1cc(C)nc2ccccc12)CO. The molecule has 0 fully saturated rings. The van der Waals surface area contributed by atoms with Gasteiger partial charge in [0.25, 0.3) is 0 Å². The molecule has 2 rings (SSSR count). The zero-order valence-electron chi connectivity index (χ0n) is 10.3. The molecular formula is C15H17NO. The molecule has 0 aliphatic heterocycles. The average molecular weight is 227 g/mol. The van der Waals surface area contributed by atoms with Gasteiger partial charge in [-0.15, -0.1) is 0 Å². The summed E-state index contributed by atoms with van der Waals surface area (Å²) in [6.07, 6.45) is 2.93. The van der Waals surface area contributed by atoms with Crippen LogP contribution >= 0.6 is 0 Å². The van der Waals surface area contributed by atoms with Crippen LogP contribution in [0.2, 0.25) is 0 Å². The Balaban J connectivity index is 2.63. The number of fused-ring (bicyclic) bond motifs is 1. The second-order valence-electron chi connectivity index (χ2n) is 4.18. The summed E-state index contributed by atoms with van der Waals surface area (Å²) >= 11 is 0. The van der Waals surface area contributed by atoms with Gasteiger partial charge >= 0.3 is 0 Å². The average Bonchev–Trinajstić information content (AvgIpc) is 2.35. The molecule has 0 spiro atoms. The lowest BCUT2D eigenvalue weighted by Crippen LogP contribution is -1.91. The van der Waals surface area contributed by atoms with E-state index in [-0.39, 0.29) is 6.61 Å². The Bertz CT molecular complexity index is 552. The van der Waals surface area contributed by atoms with Crippen LogP contribution in [-0.2, 0) is 0 Å². The summed E-state index contributed by atoms with van der Waals surface area (Å²) in [4.78, 5) is 4.50. The number of rotatable bonds is 3. The number of benzene rings is 1. The summed E-state index contributed by atoms with van der Waals surface area (Å²) in [6.45, 7) is 4.17. The normalized spacial score (nSPS) is 12.1. The van der Waals surface area contributed by atoms with Gasteiger partial charge in [0.05, 0.1) is 12.1 Å². The highest BCUT2D eigenvalue weighted by Gasteiger charge is 2.02. The van der Waals surface area contributed by atoms with Gasteiger partial charge < -0.3 is 5.11 Å². The molecule has 0 atom stereocenters. The molecule has 1 N–H and O–H groups in total. The fourth-order valence-electron chi connectivity index (χ4n) is 1.94. The standard InChI is InChI=1S/C15H17NO/c1-3-12(10-17)9-13-8-11(2)16-15-7-5-4-6-14(13)15/h4-9,17H,3,10H2,1-2H3. The van der Waals surface area contributed by atoms with Crippen molar-refractivity contribution in [3.8, 4) is 0 Å². The monoisotopic (exact) mass is 227 g/mol. The molecule has 2 aromatic rings. The van der Waals surface area contributed by atoms with Crippen LogP contribution < -0.4 is 0 Å². The number of aromatic nitrogens is 1. The van der Waals surface area contributed by atoms with Crippen LogP contribution in [0.3, 0.4) is 0 Å². The Morgan fingerprint density at radius 3 is 2.82 bits per heavy atom. The van der Waals surface area contributed by atoms with E-state index in [1.165, 1.54) is 0 Å². The molecule has 0 saturated heterocycles. The third kappa shape index (κ3) is 2.53. The molecule has 1 aromatic carbocycles. The van der Waals surface area contributed by atoms with Crippen LogP contribution in [0.25, 0.3) is 17.0 Å². The smallest absolute Gasteiger partial charge is 0.0711 e. The van der Waals surface area contributed by atoms with E-state index in [1.54, 1.807) is 0 Å². The van der Waals surface area contributed by atoms with E-state index < -0.39 is 0 Å². The third-order valence-corrected chi connectivity index (χ3v) is 2.89. The first-order valence-electron chi connectivity index (χ1n) is 5.91. The zero-order chi connectivity index (χ0) is 12.3. The highest BCUT2D eigenvalue weighted by molar-refractivity contribution is 5.88. The minimum Gasteiger partial charge on any atom is -0.392 e. The fraction of sp³-hybridized carbons (Fsp3) is 0.267. The van der Waals surface area contributed by atoms with E-state index in [4.69, 9.17) is 0 Å². The molecule has 0 aliphatic rings. The lowest BCUT2D eigenvalue weighted by Gasteiger charge is -2.06. The second-order valence-corrected chi connectivity index (χ2v) is 4.18. The Morgan fingerprint density at radius 1 is 1.35 bits per heavy atom. The molecule has 0 saturated carbocycles. The van der Waals surface area contributed by atoms with E-state index in [9.17, 15) is 5.11 Å². The van der Waals surface area contributed by atoms with Crippen molar-refractivity contribution < 1.29 is 5.11 Å². The van der Waals surface area contributed by atoms with Crippen molar-refractivity contribution in [2.24, 2.45) is 0 Å². The molecule has 2 nitrogen and oxygen atoms in total. The van der Waals surface area contributed by atoms with Gasteiger partial charge in [-0.2, -0.15) is 0 Å². The summed E-state index contributed by atoms with van der Waals surface area (Å²) in [5.41, 5.74) is 4.19. The van der Waals surface area contributed by atoms with Crippen molar-refractivity contribution in [3.05, 3.63) is 47.2 Å². The number of nitrogens with zero attached hydrogens (tertiary/aromatic N) is 1. The lowest BCUT2D eigenvalue weighted by molar-refractivity contribution is 0.329. The zero-order valence-corrected chi connectivity index (χ0v) is 10.3. The molecule has 0 aliphatic carbocycles. The van der Waals surface area contributed by atoms with Gasteiger partial charge in [-0.3, -0.25) is 4.98 Å². The summed E-state index contributed by atoms with van der Waals surface area (Å²) in [5, 5.41) is 10.4. The molecule has 0 bridgehead atoms. The van der Waals surface area contributed by atoms with E-state index in [2.05, 4.69) is 30.1 Å². The molecule has 0 radical (unpaired) electrons. The van der Waals surface area contributed by atoms with Crippen LogP contribution in [0.15, 0.2) is 35.9 Å². The Hall–Kier alpha value is -1.67. The number of aryl methyl sites for hydroxylation is 1. The van der Waals surface area contributed by atoms with Gasteiger partial charge in [-0.05, 0) is 36.6 Å². The van der Waals surface area contributed by atoms with Crippen LogP contribution in [0, 0.1) is 6.92 Å². The molecular weight excluding hydrogens is 210 g/mol. The first-order valence-corrected chi connectivity index (χ1v) is 5.91. The van der Waals surface area contributed by atoms with Gasteiger partial charge in [-0.1, -0.05) is 31.2 Å². The maximum absolute atomic E-state index is 9.24. The Kier molecular flexibility index (Phi) is 3.55. The molecule has 2 heteroatoms. The molecule has 17 heavy (non-hydrogen) atoms. The van der Waals surface area contributed by atoms with Crippen molar-refractivity contribution in [1.29, 1.82) is 0 Å². The Labute approximate surface area is 102 Å². The summed E-state index contributed by atoms with van der Waals surface area (Å²) in [5.74, 6) is 0. The van der Waals surface area contributed by atoms with Gasteiger partial charge in [-0.25, -0.2) is 0 Å². The number of hydrogen-bond acceptors (Lipinski definition) is 2. The van der Waals surface area contributed by atoms with Gasteiger partial charge in [0.2, 0.25) is 0 Å². The number of pyridine rings is 1. The molecule has 0 amide bonds. The topological polar surface area (TPSA) is 33.1 Å². The predicted octanol–water partition coefficient (Wildman–Crippen LogP) is 3.33. The largest absolute Gasteiger partial charge is 0.392 e. The quantitative estimate of drug-likeness (QED) is 0.872. The molecule has 1 aromatic heterocycles. The first-order chi connectivity index (χ1) is 8.24. The minimum atomic E-state index is 0.117. The number of para-hydroxylation sites is 1. The van der Waals surface area contributed by atoms with E-state index in [1.807, 2.05) is 25.1 Å². The highest BCUT2D eigenvalue weighted by Crippen LogP contribution is 2.21. The van der Waals surface area contributed by atoms with Crippen LogP contribution in [-0.4, -0.2) is 16.7 Å². The maximum Gasteiger partial charge on any atom is 0.0711 e. The highest BCUT2D eigenvalue weighted by atomic mass is 16.3. The van der Waals surface area contributed by atoms with E-state index >= 15 is 0 Å². The fourth-order valence-corrected chi connectivity index (χ4v) is 1.94. The van der Waals surface area contributed by atoms with Crippen molar-refractivity contribution in [2.45, 2.75) is 20.3 Å². The van der Waals surface area contributed by atoms with Crippen LogP contribution in [0.1, 0.15) is 24.6 Å². The predicted molar refractivity (Wildman–Crippen MR) is 71.8 cm³/mol. The van der Waals surface area contributed by atoms with Crippen molar-refractivity contribution in [1.82, 2.24) is 4.98 Å². The van der Waals surface area contributed by atoms with Crippen molar-refractivity contribution >= 4 is 17.0 Å². The molecule has 0 unspecified atom stereocenters. The maximum atomic E-state index is 9.24. The van der Waals surface area contributed by atoms with Crippen molar-refractivity contribution in [3.63, 3.8) is 0 Å². The van der Waals surface area contributed by atoms with Crippen LogP contribution in [0.4, 0.5) is 0 Å². The molecule has 88 valence electrons. The van der Waals surface area contributed by atoms with Crippen LogP contribution in [0.5, 0.6) is 0 Å². The van der Waals surface area contributed by atoms with E-state index in [0.717, 1.165) is 34.2 Å². The first kappa shape index (κ1) is 11.8. The third-order valence-electron chi connectivity index (χ3n) is 2.89. The van der Waals surface area contributed by atoms with Gasteiger partial charge in [0.1, 0.15) is 0 Å². The van der Waals surface area contributed by atoms with Crippen molar-refractivity contribution in [2.75, 3.05) is 6.61 Å². The minimum absolute atomic E-state index is 0.117. The molecule has 1 heterocycles. The number of aliphatic hydroxyl groups is 1. The van der Waals surface area contributed by atoms with Gasteiger partial charge in [0.15, 0.2) is 0 Å². The van der Waals surface area contributed by atoms with Gasteiger partial charge in [0, 0.05) is 11.1 Å². The van der Waals surface area contributed by atoms with E-state index in [0.29, 0.717) is 0 Å². The lowest BCUT2D eigenvalue weighted by atomic mass is 10.0. The summed E-state index contributed by atoms with van der Waals surface area (Å²) in [6, 6.07) is 10.2.